The summed E-state index contributed by atoms with van der Waals surface area (Å²) in [5, 5.41) is 0. The number of rotatable bonds is 3. The van der Waals surface area contributed by atoms with Gasteiger partial charge < -0.3 is 0 Å². The first-order valence-corrected chi connectivity index (χ1v) is 5.61. The van der Waals surface area contributed by atoms with Crippen molar-refractivity contribution in [2.75, 3.05) is 0 Å². The average molecular weight is 203 g/mol. The Morgan fingerprint density at radius 1 is 1.40 bits per heavy atom. The Morgan fingerprint density at radius 2 is 2.07 bits per heavy atom. The molecule has 0 unspecified atom stereocenters. The Kier molecular flexibility index (Phi) is 3.67. The number of aromatic nitrogens is 1. The van der Waals surface area contributed by atoms with Crippen LogP contribution in [0.25, 0.3) is 6.08 Å². The zero-order valence-corrected chi connectivity index (χ0v) is 10.3. The largest absolute Gasteiger partial charge is 0.261 e. The average Bonchev–Trinajstić information content (AvgIpc) is 2.16. The SMILES string of the molecule is C=Cc1c(C(C)(C)C)ccnc1CCC. The lowest BCUT2D eigenvalue weighted by molar-refractivity contribution is 0.586. The van der Waals surface area contributed by atoms with Crippen LogP contribution in [0.3, 0.4) is 0 Å². The summed E-state index contributed by atoms with van der Waals surface area (Å²) in [5.41, 5.74) is 3.91. The van der Waals surface area contributed by atoms with E-state index in [2.05, 4.69) is 45.3 Å². The molecule has 0 aliphatic rings. The van der Waals surface area contributed by atoms with E-state index < -0.39 is 0 Å². The van der Waals surface area contributed by atoms with Crippen molar-refractivity contribution in [1.82, 2.24) is 4.98 Å². The van der Waals surface area contributed by atoms with Crippen LogP contribution >= 0.6 is 0 Å². The second-order valence-corrected chi connectivity index (χ2v) is 4.92. The minimum absolute atomic E-state index is 0.162. The second-order valence-electron chi connectivity index (χ2n) is 4.92. The third-order valence-corrected chi connectivity index (χ3v) is 2.57. The maximum atomic E-state index is 4.44. The molecule has 0 spiro atoms. The third kappa shape index (κ3) is 2.68. The molecule has 0 aromatic carbocycles. The molecule has 1 nitrogen and oxygen atoms in total. The van der Waals surface area contributed by atoms with Crippen LogP contribution in [0.2, 0.25) is 0 Å². The van der Waals surface area contributed by atoms with Crippen LogP contribution < -0.4 is 0 Å². The molecule has 0 atom stereocenters. The maximum absolute atomic E-state index is 4.44. The molecule has 15 heavy (non-hydrogen) atoms. The molecule has 0 radical (unpaired) electrons. The minimum atomic E-state index is 0.162. The van der Waals surface area contributed by atoms with Gasteiger partial charge in [-0.05, 0) is 29.0 Å². The van der Waals surface area contributed by atoms with Crippen molar-refractivity contribution in [3.8, 4) is 0 Å². The fraction of sp³-hybridized carbons (Fsp3) is 0.500. The Hall–Kier alpha value is -1.11. The lowest BCUT2D eigenvalue weighted by Crippen LogP contribution is -2.14. The zero-order valence-electron chi connectivity index (χ0n) is 10.3. The van der Waals surface area contributed by atoms with Crippen molar-refractivity contribution < 1.29 is 0 Å². The molecule has 0 saturated heterocycles. The van der Waals surface area contributed by atoms with Crippen molar-refractivity contribution in [3.05, 3.63) is 35.7 Å². The standard InChI is InChI=1S/C14H21N/c1-6-8-13-11(7-2)12(9-10-15-13)14(3,4)5/h7,9-10H,2,6,8H2,1,3-5H3. The normalized spacial score (nSPS) is 11.5. The molecule has 1 heteroatoms. The van der Waals surface area contributed by atoms with E-state index in [1.54, 1.807) is 0 Å². The molecule has 0 saturated carbocycles. The van der Waals surface area contributed by atoms with Gasteiger partial charge in [-0.2, -0.15) is 0 Å². The highest BCUT2D eigenvalue weighted by molar-refractivity contribution is 5.56. The maximum Gasteiger partial charge on any atom is 0.0478 e. The monoisotopic (exact) mass is 203 g/mol. The van der Waals surface area contributed by atoms with Crippen LogP contribution in [0, 0.1) is 0 Å². The molecule has 1 aromatic heterocycles. The van der Waals surface area contributed by atoms with Crippen LogP contribution in [-0.4, -0.2) is 4.98 Å². The van der Waals surface area contributed by atoms with Gasteiger partial charge in [-0.15, -0.1) is 0 Å². The van der Waals surface area contributed by atoms with Gasteiger partial charge in [0.1, 0.15) is 0 Å². The second kappa shape index (κ2) is 4.61. The van der Waals surface area contributed by atoms with Crippen LogP contribution in [-0.2, 0) is 11.8 Å². The summed E-state index contributed by atoms with van der Waals surface area (Å²) in [7, 11) is 0. The summed E-state index contributed by atoms with van der Waals surface area (Å²) < 4.78 is 0. The lowest BCUT2D eigenvalue weighted by atomic mass is 9.83. The highest BCUT2D eigenvalue weighted by Crippen LogP contribution is 2.28. The predicted octanol–water partition coefficient (Wildman–Crippen LogP) is 3.97. The first kappa shape index (κ1) is 12.0. The molecule has 0 aliphatic carbocycles. The van der Waals surface area contributed by atoms with Crippen molar-refractivity contribution in [2.45, 2.75) is 46.0 Å². The van der Waals surface area contributed by atoms with Crippen molar-refractivity contribution in [1.29, 1.82) is 0 Å². The Balaban J connectivity index is 3.28. The number of hydrogen-bond donors (Lipinski definition) is 0. The summed E-state index contributed by atoms with van der Waals surface area (Å²) in [4.78, 5) is 4.44. The number of nitrogens with zero attached hydrogens (tertiary/aromatic N) is 1. The van der Waals surface area contributed by atoms with Gasteiger partial charge in [-0.25, -0.2) is 0 Å². The van der Waals surface area contributed by atoms with Gasteiger partial charge in [-0.1, -0.05) is 46.8 Å². The molecular weight excluding hydrogens is 182 g/mol. The van der Waals surface area contributed by atoms with Gasteiger partial charge in [0.05, 0.1) is 0 Å². The van der Waals surface area contributed by atoms with E-state index in [0.717, 1.165) is 12.8 Å². The van der Waals surface area contributed by atoms with Crippen molar-refractivity contribution >= 4 is 6.08 Å². The fourth-order valence-electron chi connectivity index (χ4n) is 1.83. The minimum Gasteiger partial charge on any atom is -0.261 e. The van der Waals surface area contributed by atoms with Gasteiger partial charge in [0.15, 0.2) is 0 Å². The number of hydrogen-bond acceptors (Lipinski definition) is 1. The van der Waals surface area contributed by atoms with Crippen LogP contribution in [0.4, 0.5) is 0 Å². The van der Waals surface area contributed by atoms with Gasteiger partial charge in [0, 0.05) is 11.9 Å². The first-order valence-electron chi connectivity index (χ1n) is 5.61. The van der Waals surface area contributed by atoms with E-state index >= 15 is 0 Å². The first-order chi connectivity index (χ1) is 7.00. The van der Waals surface area contributed by atoms with Gasteiger partial charge in [0.2, 0.25) is 0 Å². The molecule has 1 rings (SSSR count). The number of aryl methyl sites for hydroxylation is 1. The van der Waals surface area contributed by atoms with Gasteiger partial charge >= 0.3 is 0 Å². The molecule has 82 valence electrons. The Labute approximate surface area is 93.2 Å². The molecule has 0 fully saturated rings. The topological polar surface area (TPSA) is 12.9 Å². The van der Waals surface area contributed by atoms with E-state index in [-0.39, 0.29) is 5.41 Å². The molecule has 0 bridgehead atoms. The smallest absolute Gasteiger partial charge is 0.0478 e. The predicted molar refractivity (Wildman–Crippen MR) is 67.0 cm³/mol. The molecule has 1 heterocycles. The highest BCUT2D eigenvalue weighted by atomic mass is 14.7. The fourth-order valence-corrected chi connectivity index (χ4v) is 1.83. The molecule has 0 amide bonds. The van der Waals surface area contributed by atoms with Crippen LogP contribution in [0.1, 0.15) is 50.9 Å². The van der Waals surface area contributed by atoms with Crippen molar-refractivity contribution in [2.24, 2.45) is 0 Å². The van der Waals surface area contributed by atoms with E-state index in [1.807, 2.05) is 12.3 Å². The molecular formula is C14H21N. The van der Waals surface area contributed by atoms with E-state index in [0.29, 0.717) is 0 Å². The summed E-state index contributed by atoms with van der Waals surface area (Å²) in [5.74, 6) is 0. The Morgan fingerprint density at radius 3 is 2.53 bits per heavy atom. The van der Waals surface area contributed by atoms with E-state index in [1.165, 1.54) is 16.8 Å². The van der Waals surface area contributed by atoms with E-state index in [4.69, 9.17) is 0 Å². The quantitative estimate of drug-likeness (QED) is 0.724. The lowest BCUT2D eigenvalue weighted by Gasteiger charge is -2.23. The highest BCUT2D eigenvalue weighted by Gasteiger charge is 2.18. The molecule has 0 N–H and O–H groups in total. The van der Waals surface area contributed by atoms with Crippen LogP contribution in [0.15, 0.2) is 18.8 Å². The summed E-state index contributed by atoms with van der Waals surface area (Å²) >= 11 is 0. The summed E-state index contributed by atoms with van der Waals surface area (Å²) in [6.45, 7) is 12.8. The third-order valence-electron chi connectivity index (χ3n) is 2.57. The molecule has 0 aliphatic heterocycles. The number of pyridine rings is 1. The zero-order chi connectivity index (χ0) is 11.5. The summed E-state index contributed by atoms with van der Waals surface area (Å²) in [6.07, 6.45) is 6.02. The van der Waals surface area contributed by atoms with Crippen LogP contribution in [0.5, 0.6) is 0 Å². The summed E-state index contributed by atoms with van der Waals surface area (Å²) in [6, 6.07) is 2.11. The van der Waals surface area contributed by atoms with E-state index in [9.17, 15) is 0 Å². The molecule has 1 aromatic rings. The van der Waals surface area contributed by atoms with Gasteiger partial charge in [0.25, 0.3) is 0 Å². The van der Waals surface area contributed by atoms with Crippen molar-refractivity contribution in [3.63, 3.8) is 0 Å². The van der Waals surface area contributed by atoms with Gasteiger partial charge in [-0.3, -0.25) is 4.98 Å². The Bertz CT molecular complexity index is 345.